The smallest absolute Gasteiger partial charge is 0.0548 e. The van der Waals surface area contributed by atoms with Crippen molar-refractivity contribution in [3.63, 3.8) is 0 Å². The highest BCUT2D eigenvalue weighted by Gasteiger charge is 2.14. The third kappa shape index (κ3) is 4.89. The Hall–Kier alpha value is -0.740. The third-order valence-corrected chi connectivity index (χ3v) is 6.61. The Morgan fingerprint density at radius 2 is 2.08 bits per heavy atom. The number of thioether (sulfide) groups is 1. The molecule has 0 aromatic heterocycles. The molecular weight excluding hydrogens is 336 g/mol. The van der Waals surface area contributed by atoms with Crippen LogP contribution in [0.1, 0.15) is 31.2 Å². The highest BCUT2D eigenvalue weighted by Crippen LogP contribution is 2.39. The predicted molar refractivity (Wildman–Crippen MR) is 106 cm³/mol. The molecule has 1 N–H and O–H groups in total. The predicted octanol–water partition coefficient (Wildman–Crippen LogP) is 5.03. The minimum absolute atomic E-state index is 0.864. The molecule has 130 valence electrons. The lowest BCUT2D eigenvalue weighted by molar-refractivity contribution is 0.338. The summed E-state index contributed by atoms with van der Waals surface area (Å²) in [7, 11) is 0. The average molecular weight is 363 g/mol. The minimum atomic E-state index is 0.864. The van der Waals surface area contributed by atoms with Crippen molar-refractivity contribution in [2.45, 2.75) is 37.5 Å². The van der Waals surface area contributed by atoms with Gasteiger partial charge in [-0.15, -0.1) is 0 Å². The zero-order chi connectivity index (χ0) is 16.8. The topological polar surface area (TPSA) is 15.3 Å². The van der Waals surface area contributed by atoms with Crippen molar-refractivity contribution < 1.29 is 0 Å². The first-order chi connectivity index (χ1) is 11.7. The second kappa shape index (κ2) is 9.10. The molecule has 2 nitrogen and oxygen atoms in total. The van der Waals surface area contributed by atoms with Crippen LogP contribution in [-0.4, -0.2) is 37.6 Å². The molecule has 0 unspecified atom stereocenters. The third-order valence-electron chi connectivity index (χ3n) is 4.72. The molecule has 4 heteroatoms. The van der Waals surface area contributed by atoms with Crippen molar-refractivity contribution in [1.29, 1.82) is 0 Å². The van der Waals surface area contributed by atoms with Crippen LogP contribution in [0.3, 0.4) is 0 Å². The van der Waals surface area contributed by atoms with E-state index >= 15 is 0 Å². The Kier molecular flexibility index (Phi) is 6.85. The van der Waals surface area contributed by atoms with E-state index in [0.717, 1.165) is 31.0 Å². The largest absolute Gasteiger partial charge is 0.311 e. The van der Waals surface area contributed by atoms with Crippen molar-refractivity contribution >= 4 is 23.4 Å². The molecule has 1 aliphatic heterocycles. The van der Waals surface area contributed by atoms with Crippen molar-refractivity contribution in [3.8, 4) is 0 Å². The van der Waals surface area contributed by atoms with E-state index in [4.69, 9.17) is 11.6 Å². The summed E-state index contributed by atoms with van der Waals surface area (Å²) in [5.74, 6) is 0. The zero-order valence-corrected chi connectivity index (χ0v) is 16.1. The van der Waals surface area contributed by atoms with E-state index in [2.05, 4.69) is 35.4 Å². The Bertz CT molecular complexity index is 598. The molecule has 0 saturated carbocycles. The molecule has 1 saturated heterocycles. The van der Waals surface area contributed by atoms with E-state index < -0.39 is 0 Å². The van der Waals surface area contributed by atoms with Crippen molar-refractivity contribution in [2.24, 2.45) is 0 Å². The summed E-state index contributed by atoms with van der Waals surface area (Å²) in [6, 6.07) is 6.16. The zero-order valence-electron chi connectivity index (χ0n) is 14.5. The van der Waals surface area contributed by atoms with E-state index in [9.17, 15) is 0 Å². The normalized spacial score (nSPS) is 18.6. The molecule has 0 amide bonds. The van der Waals surface area contributed by atoms with Gasteiger partial charge in [-0.25, -0.2) is 0 Å². The van der Waals surface area contributed by atoms with E-state index in [1.807, 2.05) is 23.9 Å². The lowest BCUT2D eigenvalue weighted by Gasteiger charge is -2.19. The van der Waals surface area contributed by atoms with Gasteiger partial charge in [0.2, 0.25) is 0 Å². The first-order valence-corrected chi connectivity index (χ1v) is 10.2. The number of allylic oxidation sites excluding steroid dienone is 2. The number of benzene rings is 1. The summed E-state index contributed by atoms with van der Waals surface area (Å²) in [6.07, 6.45) is 9.57. The summed E-state index contributed by atoms with van der Waals surface area (Å²) < 4.78 is 0. The van der Waals surface area contributed by atoms with Crippen molar-refractivity contribution in [1.82, 2.24) is 10.2 Å². The number of rotatable bonds is 7. The molecular formula is C20H27ClN2S. The summed E-state index contributed by atoms with van der Waals surface area (Å²) in [5.41, 5.74) is 2.68. The van der Waals surface area contributed by atoms with Crippen LogP contribution in [-0.2, 0) is 0 Å². The molecule has 24 heavy (non-hydrogen) atoms. The molecule has 1 aromatic carbocycles. The first kappa shape index (κ1) is 18.1. The second-order valence-corrected chi connectivity index (χ2v) is 8.12. The number of aryl methyl sites for hydroxylation is 1. The van der Waals surface area contributed by atoms with Crippen molar-refractivity contribution in [3.05, 3.63) is 51.4 Å². The molecule has 0 atom stereocenters. The molecule has 0 radical (unpaired) electrons. The number of halogens is 1. The maximum Gasteiger partial charge on any atom is 0.0548 e. The summed E-state index contributed by atoms with van der Waals surface area (Å²) in [6.45, 7) is 7.88. The Labute approximate surface area is 155 Å². The van der Waals surface area contributed by atoms with Crippen LogP contribution in [0, 0.1) is 6.92 Å². The highest BCUT2D eigenvalue weighted by atomic mass is 35.5. The van der Waals surface area contributed by atoms with Gasteiger partial charge in [0.25, 0.3) is 0 Å². The van der Waals surface area contributed by atoms with Gasteiger partial charge in [0.05, 0.1) is 5.02 Å². The Morgan fingerprint density at radius 1 is 1.25 bits per heavy atom. The molecule has 1 heterocycles. The molecule has 0 bridgehead atoms. The first-order valence-electron chi connectivity index (χ1n) is 8.98. The summed E-state index contributed by atoms with van der Waals surface area (Å²) >= 11 is 8.27. The van der Waals surface area contributed by atoms with Crippen LogP contribution in [0.15, 0.2) is 45.7 Å². The van der Waals surface area contributed by atoms with E-state index in [0.29, 0.717) is 0 Å². The molecule has 1 aliphatic carbocycles. The quantitative estimate of drug-likeness (QED) is 0.685. The van der Waals surface area contributed by atoms with Crippen LogP contribution < -0.4 is 5.32 Å². The average Bonchev–Trinajstić information content (AvgIpc) is 3.10. The molecule has 0 spiro atoms. The maximum absolute atomic E-state index is 6.41. The minimum Gasteiger partial charge on any atom is -0.311 e. The molecule has 1 fully saturated rings. The van der Waals surface area contributed by atoms with Crippen LogP contribution in [0.4, 0.5) is 0 Å². The standard InChI is InChI=1S/C20H27ClN2S/c1-16-7-6-9-18(21)20(16)24-19-10-3-2-8-17(19)15-22-11-14-23-12-4-5-13-23/h2,6-9,22H,3-5,10-15H2,1H3. The van der Waals surface area contributed by atoms with Gasteiger partial charge in [0.15, 0.2) is 0 Å². The molecule has 3 rings (SSSR count). The fourth-order valence-corrected chi connectivity index (χ4v) is 4.77. The fraction of sp³-hybridized carbons (Fsp3) is 0.500. The molecule has 1 aromatic rings. The van der Waals surface area contributed by atoms with Gasteiger partial charge in [-0.05, 0) is 67.8 Å². The lowest BCUT2D eigenvalue weighted by Crippen LogP contribution is -2.31. The Balaban J connectivity index is 1.59. The van der Waals surface area contributed by atoms with Crippen LogP contribution >= 0.6 is 23.4 Å². The second-order valence-electron chi connectivity index (χ2n) is 6.60. The highest BCUT2D eigenvalue weighted by molar-refractivity contribution is 8.03. The van der Waals surface area contributed by atoms with Crippen molar-refractivity contribution in [2.75, 3.05) is 32.7 Å². The van der Waals surface area contributed by atoms with Crippen LogP contribution in [0.25, 0.3) is 0 Å². The number of nitrogens with one attached hydrogen (secondary N) is 1. The fourth-order valence-electron chi connectivity index (χ4n) is 3.30. The van der Waals surface area contributed by atoms with Gasteiger partial charge in [-0.1, -0.05) is 47.6 Å². The van der Waals surface area contributed by atoms with Gasteiger partial charge in [-0.3, -0.25) is 0 Å². The van der Waals surface area contributed by atoms with E-state index in [-0.39, 0.29) is 0 Å². The lowest BCUT2D eigenvalue weighted by atomic mass is 10.1. The monoisotopic (exact) mass is 362 g/mol. The van der Waals surface area contributed by atoms with Gasteiger partial charge in [0.1, 0.15) is 0 Å². The van der Waals surface area contributed by atoms with Gasteiger partial charge in [0, 0.05) is 24.5 Å². The summed E-state index contributed by atoms with van der Waals surface area (Å²) in [5, 5.41) is 4.49. The van der Waals surface area contributed by atoms with Gasteiger partial charge < -0.3 is 10.2 Å². The molecule has 2 aliphatic rings. The van der Waals surface area contributed by atoms with Crippen LogP contribution in [0.5, 0.6) is 0 Å². The van der Waals surface area contributed by atoms with Gasteiger partial charge >= 0.3 is 0 Å². The van der Waals surface area contributed by atoms with E-state index in [1.54, 1.807) is 0 Å². The maximum atomic E-state index is 6.41. The number of hydrogen-bond donors (Lipinski definition) is 1. The summed E-state index contributed by atoms with van der Waals surface area (Å²) in [4.78, 5) is 5.22. The van der Waals surface area contributed by atoms with Crippen LogP contribution in [0.2, 0.25) is 5.02 Å². The van der Waals surface area contributed by atoms with Gasteiger partial charge in [-0.2, -0.15) is 0 Å². The van der Waals surface area contributed by atoms with E-state index in [1.165, 1.54) is 53.4 Å². The Morgan fingerprint density at radius 3 is 2.88 bits per heavy atom. The number of nitrogens with zero attached hydrogens (tertiary/aromatic N) is 1. The number of hydrogen-bond acceptors (Lipinski definition) is 3. The SMILES string of the molecule is Cc1cccc(Cl)c1SC1=C(CNCCN2CCCC2)C=CCC1. The number of likely N-dealkylation sites (tertiary alicyclic amines) is 1.